The largest absolute Gasteiger partial charge is 0.361 e. The molecule has 250 valence electrons. The standard InChI is InChI=1S/C40H68N2O2/c1-5-7-9-11-13-15-17-19-25-31-41(3)35-43-33-37-27-21-23-29-39(37)40-30-24-22-28-38(40)34-44-36-42(4)32-26-20-18-16-14-12-10-8-6-2/h21-24,27-30H,5-20,25-26,31-36H2,1-4H3. The van der Waals surface area contributed by atoms with Gasteiger partial charge in [-0.3, -0.25) is 9.80 Å². The van der Waals surface area contributed by atoms with Gasteiger partial charge >= 0.3 is 0 Å². The predicted octanol–water partition coefficient (Wildman–Crippen LogP) is 11.2. The first-order valence-corrected chi connectivity index (χ1v) is 18.3. The average molecular weight is 609 g/mol. The van der Waals surface area contributed by atoms with Crippen LogP contribution in [0.3, 0.4) is 0 Å². The summed E-state index contributed by atoms with van der Waals surface area (Å²) < 4.78 is 12.4. The summed E-state index contributed by atoms with van der Waals surface area (Å²) in [6.45, 7) is 9.35. The molecule has 0 aliphatic rings. The van der Waals surface area contributed by atoms with Crippen molar-refractivity contribution in [2.24, 2.45) is 0 Å². The zero-order valence-electron chi connectivity index (χ0n) is 29.3. The van der Waals surface area contributed by atoms with Crippen LogP contribution in [0.5, 0.6) is 0 Å². The molecule has 0 saturated carbocycles. The number of nitrogens with zero attached hydrogens (tertiary/aromatic N) is 2. The minimum atomic E-state index is 0.620. The van der Waals surface area contributed by atoms with Crippen molar-refractivity contribution in [3.63, 3.8) is 0 Å². The Morgan fingerprint density at radius 3 is 1.11 bits per heavy atom. The van der Waals surface area contributed by atoms with Gasteiger partial charge in [0.15, 0.2) is 0 Å². The second-order valence-electron chi connectivity index (χ2n) is 13.1. The van der Waals surface area contributed by atoms with Gasteiger partial charge in [0.05, 0.1) is 26.7 Å². The average Bonchev–Trinajstić information content (AvgIpc) is 3.04. The lowest BCUT2D eigenvalue weighted by atomic mass is 9.96. The topological polar surface area (TPSA) is 24.9 Å². The van der Waals surface area contributed by atoms with Gasteiger partial charge in [-0.05, 0) is 62.3 Å². The van der Waals surface area contributed by atoms with E-state index in [4.69, 9.17) is 9.47 Å². The molecule has 0 aliphatic carbocycles. The fourth-order valence-electron chi connectivity index (χ4n) is 5.95. The Kier molecular flexibility index (Phi) is 23.2. The molecule has 0 fully saturated rings. The molecule has 0 amide bonds. The van der Waals surface area contributed by atoms with Crippen LogP contribution in [0.4, 0.5) is 0 Å². The van der Waals surface area contributed by atoms with Gasteiger partial charge in [0, 0.05) is 0 Å². The van der Waals surface area contributed by atoms with Gasteiger partial charge in [-0.25, -0.2) is 0 Å². The molecule has 4 heteroatoms. The molecule has 0 unspecified atom stereocenters. The van der Waals surface area contributed by atoms with Crippen LogP contribution < -0.4 is 0 Å². The molecule has 0 radical (unpaired) electrons. The Morgan fingerprint density at radius 1 is 0.432 bits per heavy atom. The van der Waals surface area contributed by atoms with Crippen molar-refractivity contribution in [3.05, 3.63) is 59.7 Å². The minimum Gasteiger partial charge on any atom is -0.361 e. The van der Waals surface area contributed by atoms with E-state index in [1.54, 1.807) is 0 Å². The van der Waals surface area contributed by atoms with Crippen LogP contribution in [-0.4, -0.2) is 50.4 Å². The van der Waals surface area contributed by atoms with E-state index in [0.717, 1.165) is 13.1 Å². The van der Waals surface area contributed by atoms with Gasteiger partial charge in [0.25, 0.3) is 0 Å². The smallest absolute Gasteiger partial charge is 0.0992 e. The molecule has 2 aromatic carbocycles. The van der Waals surface area contributed by atoms with Crippen LogP contribution in [0.1, 0.15) is 141 Å². The second kappa shape index (κ2) is 26.5. The van der Waals surface area contributed by atoms with E-state index in [2.05, 4.69) is 86.3 Å². The van der Waals surface area contributed by atoms with Crippen LogP contribution in [0.15, 0.2) is 48.5 Å². The van der Waals surface area contributed by atoms with Crippen LogP contribution in [0, 0.1) is 0 Å². The van der Waals surface area contributed by atoms with E-state index in [1.807, 2.05) is 0 Å². The van der Waals surface area contributed by atoms with Crippen molar-refractivity contribution < 1.29 is 9.47 Å². The molecule has 2 aromatic rings. The van der Waals surface area contributed by atoms with Gasteiger partial charge in [0.1, 0.15) is 0 Å². The van der Waals surface area contributed by atoms with Gasteiger partial charge in [-0.15, -0.1) is 0 Å². The Bertz CT molecular complexity index is 858. The van der Waals surface area contributed by atoms with Gasteiger partial charge in [-0.2, -0.15) is 0 Å². The van der Waals surface area contributed by atoms with Crippen molar-refractivity contribution in [1.29, 1.82) is 0 Å². The first kappa shape index (κ1) is 38.5. The summed E-state index contributed by atoms with van der Waals surface area (Å²) in [7, 11) is 4.35. The van der Waals surface area contributed by atoms with E-state index in [1.165, 1.54) is 138 Å². The van der Waals surface area contributed by atoms with E-state index in [-0.39, 0.29) is 0 Å². The molecule has 0 N–H and O–H groups in total. The van der Waals surface area contributed by atoms with Crippen molar-refractivity contribution in [1.82, 2.24) is 9.80 Å². The third-order valence-corrected chi connectivity index (χ3v) is 8.75. The normalized spacial score (nSPS) is 11.7. The maximum absolute atomic E-state index is 6.20. The lowest BCUT2D eigenvalue weighted by Gasteiger charge is -2.19. The van der Waals surface area contributed by atoms with E-state index >= 15 is 0 Å². The lowest BCUT2D eigenvalue weighted by molar-refractivity contribution is 0.0311. The van der Waals surface area contributed by atoms with E-state index < -0.39 is 0 Å². The highest BCUT2D eigenvalue weighted by molar-refractivity contribution is 5.70. The predicted molar refractivity (Wildman–Crippen MR) is 191 cm³/mol. The minimum absolute atomic E-state index is 0.620. The highest BCUT2D eigenvalue weighted by Crippen LogP contribution is 2.28. The maximum Gasteiger partial charge on any atom is 0.0992 e. The number of benzene rings is 2. The summed E-state index contributed by atoms with van der Waals surface area (Å²) in [6.07, 6.45) is 24.6. The summed E-state index contributed by atoms with van der Waals surface area (Å²) in [5.41, 5.74) is 4.96. The summed E-state index contributed by atoms with van der Waals surface area (Å²) >= 11 is 0. The lowest BCUT2D eigenvalue weighted by Crippen LogP contribution is -2.23. The van der Waals surface area contributed by atoms with Crippen LogP contribution in [0.25, 0.3) is 11.1 Å². The molecular weight excluding hydrogens is 540 g/mol. The first-order chi connectivity index (χ1) is 21.7. The molecule has 0 spiro atoms. The number of hydrogen-bond donors (Lipinski definition) is 0. The molecule has 0 heterocycles. The van der Waals surface area contributed by atoms with Gasteiger partial charge in [-0.1, -0.05) is 165 Å². The zero-order chi connectivity index (χ0) is 31.5. The number of rotatable bonds is 29. The maximum atomic E-state index is 6.20. The quantitative estimate of drug-likeness (QED) is 0.0677. The van der Waals surface area contributed by atoms with Crippen molar-refractivity contribution >= 4 is 0 Å². The van der Waals surface area contributed by atoms with E-state index in [9.17, 15) is 0 Å². The molecule has 44 heavy (non-hydrogen) atoms. The number of hydrogen-bond acceptors (Lipinski definition) is 4. The molecule has 0 aliphatic heterocycles. The summed E-state index contributed by atoms with van der Waals surface area (Å²) in [5.74, 6) is 0. The molecular formula is C40H68N2O2. The van der Waals surface area contributed by atoms with Crippen molar-refractivity contribution in [2.45, 2.75) is 143 Å². The zero-order valence-corrected chi connectivity index (χ0v) is 29.3. The molecule has 0 bridgehead atoms. The van der Waals surface area contributed by atoms with Gasteiger partial charge in [0.2, 0.25) is 0 Å². The SMILES string of the molecule is CCCCCCCCCCCN(C)COCc1ccccc1-c1ccccc1COCN(C)CCCCCCCCCCC. The fourth-order valence-corrected chi connectivity index (χ4v) is 5.95. The molecule has 0 aromatic heterocycles. The van der Waals surface area contributed by atoms with E-state index in [0.29, 0.717) is 26.7 Å². The molecule has 4 nitrogen and oxygen atoms in total. The monoisotopic (exact) mass is 609 g/mol. The fraction of sp³-hybridized carbons (Fsp3) is 0.700. The van der Waals surface area contributed by atoms with Crippen LogP contribution >= 0.6 is 0 Å². The Morgan fingerprint density at radius 2 is 0.750 bits per heavy atom. The number of ether oxygens (including phenoxy) is 2. The van der Waals surface area contributed by atoms with Gasteiger partial charge < -0.3 is 9.47 Å². The van der Waals surface area contributed by atoms with Crippen LogP contribution in [-0.2, 0) is 22.7 Å². The van der Waals surface area contributed by atoms with Crippen LogP contribution in [0.2, 0.25) is 0 Å². The molecule has 0 saturated heterocycles. The third-order valence-electron chi connectivity index (χ3n) is 8.75. The Balaban J connectivity index is 1.68. The molecule has 0 atom stereocenters. The summed E-state index contributed by atoms with van der Waals surface area (Å²) in [5, 5.41) is 0. The second-order valence-corrected chi connectivity index (χ2v) is 13.1. The van der Waals surface area contributed by atoms with Crippen molar-refractivity contribution in [3.8, 4) is 11.1 Å². The Hall–Kier alpha value is -1.72. The molecule has 2 rings (SSSR count). The first-order valence-electron chi connectivity index (χ1n) is 18.3. The number of unbranched alkanes of at least 4 members (excludes halogenated alkanes) is 16. The highest BCUT2D eigenvalue weighted by atomic mass is 16.5. The Labute approximate surface area is 272 Å². The third kappa shape index (κ3) is 18.3. The summed E-state index contributed by atoms with van der Waals surface area (Å²) in [4.78, 5) is 4.63. The summed E-state index contributed by atoms with van der Waals surface area (Å²) in [6, 6.07) is 17.3. The van der Waals surface area contributed by atoms with Crippen molar-refractivity contribution in [2.75, 3.05) is 40.6 Å². The highest BCUT2D eigenvalue weighted by Gasteiger charge is 2.11.